The number of ketones is 1. The van der Waals surface area contributed by atoms with Gasteiger partial charge in [0.2, 0.25) is 0 Å². The van der Waals surface area contributed by atoms with Crippen molar-refractivity contribution in [3.8, 4) is 5.75 Å². The van der Waals surface area contributed by atoms with E-state index in [1.54, 1.807) is 6.07 Å². The lowest BCUT2D eigenvalue weighted by molar-refractivity contribution is -0.138. The Morgan fingerprint density at radius 1 is 1.39 bits per heavy atom. The number of aliphatic carboxylic acids is 1. The Bertz CT molecular complexity index is 482. The maximum Gasteiger partial charge on any atom is 0.320 e. The van der Waals surface area contributed by atoms with Crippen molar-refractivity contribution < 1.29 is 19.8 Å². The first-order chi connectivity index (χ1) is 8.38. The van der Waals surface area contributed by atoms with Crippen LogP contribution in [0.3, 0.4) is 0 Å². The van der Waals surface area contributed by atoms with Crippen LogP contribution in [0.2, 0.25) is 0 Å². The summed E-state index contributed by atoms with van der Waals surface area (Å²) in [6, 6.07) is 1.96. The minimum absolute atomic E-state index is 0.0512. The van der Waals surface area contributed by atoms with E-state index in [1.165, 1.54) is 13.0 Å². The van der Waals surface area contributed by atoms with Crippen molar-refractivity contribution in [1.29, 1.82) is 0 Å². The second kappa shape index (κ2) is 5.64. The fourth-order valence-corrected chi connectivity index (χ4v) is 1.98. The van der Waals surface area contributed by atoms with Crippen molar-refractivity contribution in [3.63, 3.8) is 0 Å². The quantitative estimate of drug-likeness (QED) is 0.680. The van der Waals surface area contributed by atoms with Gasteiger partial charge in [-0.2, -0.15) is 0 Å². The molecule has 0 saturated heterocycles. The summed E-state index contributed by atoms with van der Waals surface area (Å²) in [5.74, 6) is -1.26. The monoisotopic (exact) mass is 251 g/mol. The smallest absolute Gasteiger partial charge is 0.320 e. The van der Waals surface area contributed by atoms with E-state index in [2.05, 4.69) is 0 Å². The van der Waals surface area contributed by atoms with Gasteiger partial charge in [0, 0.05) is 11.1 Å². The number of benzene rings is 1. The van der Waals surface area contributed by atoms with Crippen molar-refractivity contribution in [2.24, 2.45) is 5.73 Å². The maximum atomic E-state index is 11.7. The zero-order chi connectivity index (χ0) is 13.9. The van der Waals surface area contributed by atoms with Gasteiger partial charge < -0.3 is 15.9 Å². The summed E-state index contributed by atoms with van der Waals surface area (Å²) in [5.41, 5.74) is 6.96. The number of Topliss-reactive ketones (excluding diaryl/α,β-unsaturated/α-hetero) is 1. The standard InChI is InChI=1S/C13H17NO4/c1-3-9-11(16)5-4-8(12(9)7(2)15)6-10(14)13(17)18/h4-5,10,16H,3,6,14H2,1-2H3,(H,17,18). The number of nitrogens with two attached hydrogens (primary N) is 1. The molecular weight excluding hydrogens is 234 g/mol. The number of phenolic OH excluding ortho intramolecular Hbond substituents is 1. The largest absolute Gasteiger partial charge is 0.508 e. The number of aromatic hydroxyl groups is 1. The van der Waals surface area contributed by atoms with Gasteiger partial charge in [0.25, 0.3) is 0 Å². The van der Waals surface area contributed by atoms with Gasteiger partial charge in [0.05, 0.1) is 0 Å². The number of carboxylic acids is 1. The van der Waals surface area contributed by atoms with Gasteiger partial charge in [-0.1, -0.05) is 13.0 Å². The third-order valence-electron chi connectivity index (χ3n) is 2.84. The molecule has 1 aromatic rings. The van der Waals surface area contributed by atoms with Gasteiger partial charge in [-0.05, 0) is 31.4 Å². The molecule has 0 fully saturated rings. The van der Waals surface area contributed by atoms with Crippen LogP contribution in [0.15, 0.2) is 12.1 Å². The van der Waals surface area contributed by atoms with E-state index in [-0.39, 0.29) is 18.0 Å². The van der Waals surface area contributed by atoms with E-state index in [1.807, 2.05) is 6.92 Å². The van der Waals surface area contributed by atoms with Crippen LogP contribution in [0.1, 0.15) is 35.3 Å². The Morgan fingerprint density at radius 2 is 2.00 bits per heavy atom. The third kappa shape index (κ3) is 2.87. The average Bonchev–Trinajstić information content (AvgIpc) is 2.30. The molecule has 1 unspecified atom stereocenters. The summed E-state index contributed by atoms with van der Waals surface area (Å²) in [7, 11) is 0. The lowest BCUT2D eigenvalue weighted by Crippen LogP contribution is -2.32. The van der Waals surface area contributed by atoms with Crippen LogP contribution in [0.4, 0.5) is 0 Å². The van der Waals surface area contributed by atoms with E-state index >= 15 is 0 Å². The van der Waals surface area contributed by atoms with Crippen molar-refractivity contribution in [3.05, 3.63) is 28.8 Å². The summed E-state index contributed by atoms with van der Waals surface area (Å²) < 4.78 is 0. The molecular formula is C13H17NO4. The highest BCUT2D eigenvalue weighted by molar-refractivity contribution is 5.98. The predicted molar refractivity (Wildman–Crippen MR) is 66.8 cm³/mol. The zero-order valence-electron chi connectivity index (χ0n) is 10.4. The van der Waals surface area contributed by atoms with Gasteiger partial charge in [-0.15, -0.1) is 0 Å². The van der Waals surface area contributed by atoms with E-state index in [9.17, 15) is 14.7 Å². The summed E-state index contributed by atoms with van der Waals surface area (Å²) in [4.78, 5) is 22.4. The molecule has 98 valence electrons. The molecule has 4 N–H and O–H groups in total. The molecule has 1 aromatic carbocycles. The molecule has 0 saturated carbocycles. The molecule has 1 atom stereocenters. The highest BCUT2D eigenvalue weighted by Crippen LogP contribution is 2.26. The minimum atomic E-state index is -1.12. The Kier molecular flexibility index (Phi) is 4.44. The topological polar surface area (TPSA) is 101 Å². The van der Waals surface area contributed by atoms with Crippen molar-refractivity contribution >= 4 is 11.8 Å². The van der Waals surface area contributed by atoms with Crippen molar-refractivity contribution in [2.75, 3.05) is 0 Å². The molecule has 0 amide bonds. The Balaban J connectivity index is 3.27. The number of carbonyl (C=O) groups excluding carboxylic acids is 1. The number of carboxylic acid groups (broad SMARTS) is 1. The van der Waals surface area contributed by atoms with Crippen LogP contribution < -0.4 is 5.73 Å². The van der Waals surface area contributed by atoms with Crippen molar-refractivity contribution in [1.82, 2.24) is 0 Å². The van der Waals surface area contributed by atoms with E-state index in [4.69, 9.17) is 10.8 Å². The zero-order valence-corrected chi connectivity index (χ0v) is 10.4. The lowest BCUT2D eigenvalue weighted by atomic mass is 9.92. The van der Waals surface area contributed by atoms with Crippen LogP contribution >= 0.6 is 0 Å². The highest BCUT2D eigenvalue weighted by Gasteiger charge is 2.19. The summed E-state index contributed by atoms with van der Waals surface area (Å²) >= 11 is 0. The first-order valence-corrected chi connectivity index (χ1v) is 5.71. The van der Waals surface area contributed by atoms with Gasteiger partial charge in [0.1, 0.15) is 11.8 Å². The molecule has 1 rings (SSSR count). The van der Waals surface area contributed by atoms with Crippen molar-refractivity contribution in [2.45, 2.75) is 32.7 Å². The Morgan fingerprint density at radius 3 is 2.44 bits per heavy atom. The van der Waals surface area contributed by atoms with Gasteiger partial charge >= 0.3 is 5.97 Å². The summed E-state index contributed by atoms with van der Waals surface area (Å²) in [5, 5.41) is 18.5. The third-order valence-corrected chi connectivity index (χ3v) is 2.84. The lowest BCUT2D eigenvalue weighted by Gasteiger charge is -2.14. The molecule has 0 radical (unpaired) electrons. The summed E-state index contributed by atoms with van der Waals surface area (Å²) in [6.45, 7) is 3.21. The molecule has 0 aliphatic carbocycles. The second-order valence-corrected chi connectivity index (χ2v) is 4.16. The van der Waals surface area contributed by atoms with Crippen LogP contribution in [-0.2, 0) is 17.6 Å². The first kappa shape index (κ1) is 14.2. The first-order valence-electron chi connectivity index (χ1n) is 5.71. The molecule has 0 aliphatic rings. The van der Waals surface area contributed by atoms with Crippen LogP contribution in [-0.4, -0.2) is 28.0 Å². The molecule has 5 nitrogen and oxygen atoms in total. The van der Waals surface area contributed by atoms with Crippen LogP contribution in [0.5, 0.6) is 5.75 Å². The molecule has 5 heteroatoms. The highest BCUT2D eigenvalue weighted by atomic mass is 16.4. The SMILES string of the molecule is CCc1c(O)ccc(CC(N)C(=O)O)c1C(C)=O. The minimum Gasteiger partial charge on any atom is -0.508 e. The number of hydrogen-bond donors (Lipinski definition) is 3. The second-order valence-electron chi connectivity index (χ2n) is 4.16. The van der Waals surface area contributed by atoms with E-state index in [0.29, 0.717) is 23.1 Å². The van der Waals surface area contributed by atoms with E-state index < -0.39 is 12.0 Å². The Hall–Kier alpha value is -1.88. The van der Waals surface area contributed by atoms with Crippen LogP contribution in [0.25, 0.3) is 0 Å². The predicted octanol–water partition coefficient (Wildman–Crippen LogP) is 1.11. The number of carbonyl (C=O) groups is 2. The molecule has 0 aromatic heterocycles. The van der Waals surface area contributed by atoms with Gasteiger partial charge in [-0.3, -0.25) is 9.59 Å². The van der Waals surface area contributed by atoms with E-state index in [0.717, 1.165) is 0 Å². The van der Waals surface area contributed by atoms with Gasteiger partial charge in [0.15, 0.2) is 5.78 Å². The molecule has 0 bridgehead atoms. The summed E-state index contributed by atoms with van der Waals surface area (Å²) in [6.07, 6.45) is 0.564. The number of rotatable bonds is 5. The average molecular weight is 251 g/mol. The fraction of sp³-hybridized carbons (Fsp3) is 0.385. The molecule has 0 aliphatic heterocycles. The molecule has 18 heavy (non-hydrogen) atoms. The number of hydrogen-bond acceptors (Lipinski definition) is 4. The number of phenols is 1. The van der Waals surface area contributed by atoms with Gasteiger partial charge in [-0.25, -0.2) is 0 Å². The molecule has 0 heterocycles. The Labute approximate surface area is 105 Å². The van der Waals surface area contributed by atoms with Crippen LogP contribution in [0, 0.1) is 0 Å². The maximum absolute atomic E-state index is 11.7. The fourth-order valence-electron chi connectivity index (χ4n) is 1.98. The molecule has 0 spiro atoms. The normalized spacial score (nSPS) is 12.2.